The lowest BCUT2D eigenvalue weighted by atomic mass is 9.78. The number of aliphatic hydroxyl groups excluding tert-OH is 1. The molecule has 1 aliphatic heterocycles. The predicted molar refractivity (Wildman–Crippen MR) is 51.3 cm³/mol. The SMILES string of the molecule is COc1cc(CO)cc2c1B(O)OC2. The summed E-state index contributed by atoms with van der Waals surface area (Å²) in [7, 11) is 0.620. The minimum atomic E-state index is -0.910. The second-order valence-corrected chi connectivity index (χ2v) is 3.19. The fourth-order valence-electron chi connectivity index (χ4n) is 1.66. The van der Waals surface area contributed by atoms with Crippen molar-refractivity contribution in [2.75, 3.05) is 7.11 Å². The molecular formula is C9H11BO4. The molecule has 0 amide bonds. The average molecular weight is 194 g/mol. The van der Waals surface area contributed by atoms with Gasteiger partial charge in [-0.1, -0.05) is 6.07 Å². The Morgan fingerprint density at radius 3 is 3.00 bits per heavy atom. The van der Waals surface area contributed by atoms with Gasteiger partial charge in [0.05, 0.1) is 20.3 Å². The van der Waals surface area contributed by atoms with Gasteiger partial charge in [0.25, 0.3) is 0 Å². The van der Waals surface area contributed by atoms with Crippen LogP contribution in [0.5, 0.6) is 5.75 Å². The van der Waals surface area contributed by atoms with Gasteiger partial charge in [0, 0.05) is 5.46 Å². The quantitative estimate of drug-likeness (QED) is 0.617. The van der Waals surface area contributed by atoms with Crippen molar-refractivity contribution in [3.8, 4) is 5.75 Å². The zero-order valence-electron chi connectivity index (χ0n) is 7.86. The average Bonchev–Trinajstić information content (AvgIpc) is 2.59. The summed E-state index contributed by atoms with van der Waals surface area (Å²) in [4.78, 5) is 0. The number of hydrogen-bond donors (Lipinski definition) is 2. The van der Waals surface area contributed by atoms with Crippen molar-refractivity contribution < 1.29 is 19.5 Å². The zero-order valence-corrected chi connectivity index (χ0v) is 7.86. The molecule has 0 atom stereocenters. The van der Waals surface area contributed by atoms with E-state index < -0.39 is 7.12 Å². The van der Waals surface area contributed by atoms with Gasteiger partial charge in [0.2, 0.25) is 0 Å². The molecule has 1 aromatic carbocycles. The van der Waals surface area contributed by atoms with Crippen molar-refractivity contribution in [2.24, 2.45) is 0 Å². The van der Waals surface area contributed by atoms with E-state index in [9.17, 15) is 5.02 Å². The molecule has 1 aliphatic rings. The topological polar surface area (TPSA) is 58.9 Å². The highest BCUT2D eigenvalue weighted by molar-refractivity contribution is 6.62. The van der Waals surface area contributed by atoms with Crippen molar-refractivity contribution in [1.82, 2.24) is 0 Å². The van der Waals surface area contributed by atoms with Crippen LogP contribution in [0.1, 0.15) is 11.1 Å². The van der Waals surface area contributed by atoms with Crippen LogP contribution in [0.2, 0.25) is 0 Å². The molecule has 1 heterocycles. The lowest BCUT2D eigenvalue weighted by molar-refractivity contribution is 0.273. The summed E-state index contributed by atoms with van der Waals surface area (Å²) in [5.41, 5.74) is 2.31. The van der Waals surface area contributed by atoms with E-state index in [-0.39, 0.29) is 6.61 Å². The van der Waals surface area contributed by atoms with Gasteiger partial charge in [0.1, 0.15) is 5.75 Å². The first-order chi connectivity index (χ1) is 6.76. The smallest absolute Gasteiger partial charge is 0.495 e. The molecule has 0 spiro atoms. The van der Waals surface area contributed by atoms with Crippen molar-refractivity contribution in [1.29, 1.82) is 0 Å². The lowest BCUT2D eigenvalue weighted by Gasteiger charge is -2.08. The van der Waals surface area contributed by atoms with Crippen LogP contribution in [-0.2, 0) is 17.9 Å². The molecule has 0 aliphatic carbocycles. The Kier molecular flexibility index (Phi) is 2.45. The number of methoxy groups -OCH3 is 1. The van der Waals surface area contributed by atoms with Gasteiger partial charge in [-0.3, -0.25) is 0 Å². The second kappa shape index (κ2) is 3.61. The Balaban J connectivity index is 2.52. The highest BCUT2D eigenvalue weighted by Gasteiger charge is 2.31. The fourth-order valence-corrected chi connectivity index (χ4v) is 1.66. The summed E-state index contributed by atoms with van der Waals surface area (Å²) < 4.78 is 10.2. The molecule has 0 radical (unpaired) electrons. The molecular weight excluding hydrogens is 183 g/mol. The van der Waals surface area contributed by atoms with Gasteiger partial charge in [-0.05, 0) is 17.2 Å². The van der Waals surface area contributed by atoms with Crippen LogP contribution < -0.4 is 10.2 Å². The van der Waals surface area contributed by atoms with E-state index in [0.717, 1.165) is 11.1 Å². The number of benzene rings is 1. The Labute approximate surface area is 82.2 Å². The van der Waals surface area contributed by atoms with Crippen molar-refractivity contribution in [3.05, 3.63) is 23.3 Å². The second-order valence-electron chi connectivity index (χ2n) is 3.19. The molecule has 0 saturated heterocycles. The summed E-state index contributed by atoms with van der Waals surface area (Å²) in [6, 6.07) is 3.52. The van der Waals surface area contributed by atoms with Crippen LogP contribution in [0.3, 0.4) is 0 Å². The molecule has 5 heteroatoms. The number of rotatable bonds is 2. The van der Waals surface area contributed by atoms with Crippen LogP contribution in [0.4, 0.5) is 0 Å². The van der Waals surface area contributed by atoms with Crippen LogP contribution in [0.25, 0.3) is 0 Å². The monoisotopic (exact) mass is 194 g/mol. The largest absolute Gasteiger partial charge is 0.497 e. The molecule has 74 valence electrons. The summed E-state index contributed by atoms with van der Waals surface area (Å²) in [6.07, 6.45) is 0. The van der Waals surface area contributed by atoms with Crippen molar-refractivity contribution in [3.63, 3.8) is 0 Å². The van der Waals surface area contributed by atoms with Gasteiger partial charge in [-0.15, -0.1) is 0 Å². The third-order valence-corrected chi connectivity index (χ3v) is 2.33. The standard InChI is InChI=1S/C9H11BO4/c1-13-8-3-6(4-11)2-7-5-14-10(12)9(7)8/h2-3,11-12H,4-5H2,1H3. The first-order valence-electron chi connectivity index (χ1n) is 4.36. The molecule has 14 heavy (non-hydrogen) atoms. The highest BCUT2D eigenvalue weighted by Crippen LogP contribution is 2.20. The Hall–Kier alpha value is -1.04. The first-order valence-corrected chi connectivity index (χ1v) is 4.36. The van der Waals surface area contributed by atoms with E-state index in [1.165, 1.54) is 7.11 Å². The first kappa shape index (κ1) is 9.52. The molecule has 1 aromatic rings. The lowest BCUT2D eigenvalue weighted by Crippen LogP contribution is -2.29. The molecule has 0 aromatic heterocycles. The molecule has 0 bridgehead atoms. The van der Waals surface area contributed by atoms with E-state index in [1.807, 2.05) is 6.07 Å². The number of hydrogen-bond acceptors (Lipinski definition) is 4. The molecule has 2 rings (SSSR count). The van der Waals surface area contributed by atoms with E-state index in [2.05, 4.69) is 0 Å². The summed E-state index contributed by atoms with van der Waals surface area (Å²) in [5.74, 6) is 0.566. The molecule has 2 N–H and O–H groups in total. The van der Waals surface area contributed by atoms with E-state index >= 15 is 0 Å². The number of fused-ring (bicyclic) bond motifs is 1. The maximum absolute atomic E-state index is 9.49. The van der Waals surface area contributed by atoms with Crippen molar-refractivity contribution in [2.45, 2.75) is 13.2 Å². The van der Waals surface area contributed by atoms with Gasteiger partial charge in [-0.25, -0.2) is 0 Å². The van der Waals surface area contributed by atoms with E-state index in [1.54, 1.807) is 6.07 Å². The normalized spacial score (nSPS) is 14.4. The maximum Gasteiger partial charge on any atom is 0.495 e. The van der Waals surface area contributed by atoms with Gasteiger partial charge in [-0.2, -0.15) is 0 Å². The van der Waals surface area contributed by atoms with Gasteiger partial charge >= 0.3 is 7.12 Å². The van der Waals surface area contributed by atoms with Crippen LogP contribution in [0, 0.1) is 0 Å². The Morgan fingerprint density at radius 2 is 2.36 bits per heavy atom. The molecule has 0 unspecified atom stereocenters. The van der Waals surface area contributed by atoms with Crippen LogP contribution in [0.15, 0.2) is 12.1 Å². The molecule has 4 nitrogen and oxygen atoms in total. The number of ether oxygens (including phenoxy) is 1. The summed E-state index contributed by atoms with van der Waals surface area (Å²) in [5, 5.41) is 18.5. The van der Waals surface area contributed by atoms with Gasteiger partial charge < -0.3 is 19.5 Å². The van der Waals surface area contributed by atoms with Crippen LogP contribution in [-0.4, -0.2) is 24.4 Å². The third-order valence-electron chi connectivity index (χ3n) is 2.33. The fraction of sp³-hybridized carbons (Fsp3) is 0.333. The minimum absolute atomic E-state index is 0.0419. The summed E-state index contributed by atoms with van der Waals surface area (Å²) >= 11 is 0. The third kappa shape index (κ3) is 1.39. The molecule has 0 saturated carbocycles. The Bertz CT molecular complexity index is 353. The predicted octanol–water partition coefficient (Wildman–Crippen LogP) is -0.595. The Morgan fingerprint density at radius 1 is 1.57 bits per heavy atom. The van der Waals surface area contributed by atoms with E-state index in [0.29, 0.717) is 17.8 Å². The summed E-state index contributed by atoms with van der Waals surface area (Å²) in [6.45, 7) is 0.320. The zero-order chi connectivity index (χ0) is 10.1. The van der Waals surface area contributed by atoms with E-state index in [4.69, 9.17) is 14.5 Å². The van der Waals surface area contributed by atoms with Crippen LogP contribution >= 0.6 is 0 Å². The maximum atomic E-state index is 9.49. The minimum Gasteiger partial charge on any atom is -0.497 e. The highest BCUT2D eigenvalue weighted by atomic mass is 16.5. The molecule has 0 fully saturated rings. The van der Waals surface area contributed by atoms with Crippen molar-refractivity contribution >= 4 is 12.6 Å². The number of aliphatic hydroxyl groups is 1. The van der Waals surface area contributed by atoms with Gasteiger partial charge in [0.15, 0.2) is 0 Å².